The zero-order valence-electron chi connectivity index (χ0n) is 15.6. The molecule has 3 rings (SSSR count). The highest BCUT2D eigenvalue weighted by atomic mass is 19.3. The second-order valence-electron chi connectivity index (χ2n) is 6.30. The Morgan fingerprint density at radius 3 is 2.30 bits per heavy atom. The molecule has 3 aromatic rings. The van der Waals surface area contributed by atoms with Crippen molar-refractivity contribution in [1.29, 1.82) is 0 Å². The smallest absolute Gasteiger partial charge is 0.387 e. The number of rotatable bonds is 7. The fourth-order valence-electron chi connectivity index (χ4n) is 2.74. The lowest BCUT2D eigenvalue weighted by Crippen LogP contribution is -2.34. The average molecular weight is 413 g/mol. The maximum absolute atomic E-state index is 12.1. The highest BCUT2D eigenvalue weighted by Crippen LogP contribution is 2.16. The molecule has 3 aromatic carbocycles. The topological polar surface area (TPSA) is 81.7 Å². The fourth-order valence-corrected chi connectivity index (χ4v) is 2.74. The van der Waals surface area contributed by atoms with E-state index in [9.17, 15) is 23.2 Å². The predicted octanol–water partition coefficient (Wildman–Crippen LogP) is 3.48. The third-order valence-electron chi connectivity index (χ3n) is 4.12. The largest absolute Gasteiger partial charge is 0.455 e. The normalized spacial score (nSPS) is 10.6. The Morgan fingerprint density at radius 2 is 1.60 bits per heavy atom. The molecule has 0 aromatic heterocycles. The summed E-state index contributed by atoms with van der Waals surface area (Å²) < 4.78 is 33.3. The molecule has 30 heavy (non-hydrogen) atoms. The van der Waals surface area contributed by atoms with Gasteiger partial charge in [0.2, 0.25) is 0 Å². The summed E-state index contributed by atoms with van der Waals surface area (Å²) in [6.45, 7) is -3.60. The number of esters is 1. The van der Waals surface area contributed by atoms with E-state index >= 15 is 0 Å². The molecule has 0 aliphatic rings. The number of hydrogen-bond donors (Lipinski definition) is 1. The van der Waals surface area contributed by atoms with Crippen molar-refractivity contribution in [2.75, 3.05) is 6.61 Å². The molecule has 0 radical (unpaired) electrons. The number of carbonyl (C=O) groups excluding carboxylic acids is 3. The van der Waals surface area contributed by atoms with Crippen LogP contribution in [0, 0.1) is 0 Å². The third-order valence-corrected chi connectivity index (χ3v) is 4.12. The SMILES string of the molecule is O=C(COC(=O)Cc1ccc2ccccc2c1)NC(=O)c1ccc(OC(F)F)cc1. The minimum atomic E-state index is -2.98. The van der Waals surface area contributed by atoms with E-state index < -0.39 is 31.0 Å². The van der Waals surface area contributed by atoms with Gasteiger partial charge < -0.3 is 9.47 Å². The second kappa shape index (κ2) is 9.60. The van der Waals surface area contributed by atoms with E-state index in [2.05, 4.69) is 10.1 Å². The number of halogens is 2. The molecule has 0 atom stereocenters. The van der Waals surface area contributed by atoms with Crippen LogP contribution >= 0.6 is 0 Å². The van der Waals surface area contributed by atoms with E-state index in [4.69, 9.17) is 4.74 Å². The molecule has 0 saturated carbocycles. The molecular weight excluding hydrogens is 396 g/mol. The molecule has 0 heterocycles. The summed E-state index contributed by atoms with van der Waals surface area (Å²) in [5.41, 5.74) is 0.800. The molecule has 0 saturated heterocycles. The van der Waals surface area contributed by atoms with Gasteiger partial charge in [-0.1, -0.05) is 42.5 Å². The van der Waals surface area contributed by atoms with Gasteiger partial charge in [0.15, 0.2) is 6.61 Å². The van der Waals surface area contributed by atoms with Crippen LogP contribution < -0.4 is 10.1 Å². The van der Waals surface area contributed by atoms with Gasteiger partial charge in [0.05, 0.1) is 6.42 Å². The number of alkyl halides is 2. The van der Waals surface area contributed by atoms with E-state index in [1.54, 1.807) is 6.07 Å². The number of nitrogens with one attached hydrogen (secondary N) is 1. The maximum atomic E-state index is 12.1. The molecule has 0 aliphatic heterocycles. The van der Waals surface area contributed by atoms with Gasteiger partial charge in [-0.3, -0.25) is 19.7 Å². The molecule has 154 valence electrons. The number of fused-ring (bicyclic) bond motifs is 1. The van der Waals surface area contributed by atoms with Gasteiger partial charge in [-0.15, -0.1) is 0 Å². The van der Waals surface area contributed by atoms with Crippen LogP contribution in [-0.2, 0) is 20.7 Å². The molecule has 0 bridgehead atoms. The van der Waals surface area contributed by atoms with Crippen molar-refractivity contribution in [3.63, 3.8) is 0 Å². The molecule has 8 heteroatoms. The zero-order valence-corrected chi connectivity index (χ0v) is 15.6. The summed E-state index contributed by atoms with van der Waals surface area (Å²) in [6, 6.07) is 18.1. The number of ether oxygens (including phenoxy) is 2. The van der Waals surface area contributed by atoms with Gasteiger partial charge in [-0.25, -0.2) is 0 Å². The van der Waals surface area contributed by atoms with Crippen molar-refractivity contribution in [2.45, 2.75) is 13.0 Å². The highest BCUT2D eigenvalue weighted by Gasteiger charge is 2.14. The quantitative estimate of drug-likeness (QED) is 0.600. The Morgan fingerprint density at radius 1 is 0.900 bits per heavy atom. The molecule has 2 amide bonds. The van der Waals surface area contributed by atoms with Crippen LogP contribution in [0.3, 0.4) is 0 Å². The summed E-state index contributed by atoms with van der Waals surface area (Å²) in [5.74, 6) is -2.29. The van der Waals surface area contributed by atoms with Crippen molar-refractivity contribution in [3.05, 3.63) is 77.9 Å². The van der Waals surface area contributed by atoms with Crippen LogP contribution in [0.1, 0.15) is 15.9 Å². The number of imide groups is 1. The lowest BCUT2D eigenvalue weighted by Gasteiger charge is -2.08. The summed E-state index contributed by atoms with van der Waals surface area (Å²) >= 11 is 0. The molecular formula is C22H17F2NO5. The first-order valence-electron chi connectivity index (χ1n) is 8.93. The van der Waals surface area contributed by atoms with Crippen LogP contribution in [0.25, 0.3) is 10.8 Å². The summed E-state index contributed by atoms with van der Waals surface area (Å²) in [4.78, 5) is 35.8. The summed E-state index contributed by atoms with van der Waals surface area (Å²) in [6.07, 6.45) is -0.0162. The number of amides is 2. The van der Waals surface area contributed by atoms with Crippen LogP contribution in [0.5, 0.6) is 5.75 Å². The highest BCUT2D eigenvalue weighted by molar-refractivity contribution is 6.05. The lowest BCUT2D eigenvalue weighted by molar-refractivity contribution is -0.147. The standard InChI is InChI=1S/C22H17F2NO5/c23-22(24)30-18-9-7-16(8-10-18)21(28)25-19(26)13-29-20(27)12-14-5-6-15-3-1-2-4-17(15)11-14/h1-11,22H,12-13H2,(H,25,26,28). The van der Waals surface area contributed by atoms with Gasteiger partial charge in [-0.05, 0) is 40.6 Å². The van der Waals surface area contributed by atoms with Crippen LogP contribution in [0.15, 0.2) is 66.7 Å². The first-order chi connectivity index (χ1) is 14.4. The molecule has 0 spiro atoms. The van der Waals surface area contributed by atoms with Crippen LogP contribution in [0.4, 0.5) is 8.78 Å². The number of hydrogen-bond acceptors (Lipinski definition) is 5. The van der Waals surface area contributed by atoms with E-state index in [0.29, 0.717) is 0 Å². The van der Waals surface area contributed by atoms with Gasteiger partial charge in [0, 0.05) is 5.56 Å². The lowest BCUT2D eigenvalue weighted by atomic mass is 10.1. The molecule has 1 N–H and O–H groups in total. The van der Waals surface area contributed by atoms with Crippen LogP contribution in [-0.4, -0.2) is 31.0 Å². The van der Waals surface area contributed by atoms with Crippen molar-refractivity contribution in [2.24, 2.45) is 0 Å². The second-order valence-corrected chi connectivity index (χ2v) is 6.30. The molecule has 0 aliphatic carbocycles. The number of benzene rings is 3. The number of carbonyl (C=O) groups is 3. The fraction of sp³-hybridized carbons (Fsp3) is 0.136. The summed E-state index contributed by atoms with van der Waals surface area (Å²) in [5, 5.41) is 4.08. The van der Waals surface area contributed by atoms with Crippen molar-refractivity contribution < 1.29 is 32.6 Å². The minimum absolute atomic E-state index is 0.0162. The minimum Gasteiger partial charge on any atom is -0.455 e. The Hall–Kier alpha value is -3.81. The van der Waals surface area contributed by atoms with E-state index in [0.717, 1.165) is 16.3 Å². The third kappa shape index (κ3) is 5.84. The van der Waals surface area contributed by atoms with Crippen molar-refractivity contribution in [3.8, 4) is 5.75 Å². The molecule has 0 fully saturated rings. The van der Waals surface area contributed by atoms with Crippen molar-refractivity contribution in [1.82, 2.24) is 5.32 Å². The van der Waals surface area contributed by atoms with E-state index in [1.807, 2.05) is 36.4 Å². The molecule has 0 unspecified atom stereocenters. The van der Waals surface area contributed by atoms with Gasteiger partial charge in [0.1, 0.15) is 5.75 Å². The maximum Gasteiger partial charge on any atom is 0.387 e. The predicted molar refractivity (Wildman–Crippen MR) is 104 cm³/mol. The Balaban J connectivity index is 1.47. The Labute approximate surface area is 170 Å². The Bertz CT molecular complexity index is 1070. The van der Waals surface area contributed by atoms with Gasteiger partial charge >= 0.3 is 12.6 Å². The first kappa shape index (κ1) is 20.9. The van der Waals surface area contributed by atoms with Gasteiger partial charge in [-0.2, -0.15) is 8.78 Å². The van der Waals surface area contributed by atoms with Crippen molar-refractivity contribution >= 4 is 28.6 Å². The monoisotopic (exact) mass is 413 g/mol. The summed E-state index contributed by atoms with van der Waals surface area (Å²) in [7, 11) is 0. The molecule has 6 nitrogen and oxygen atoms in total. The van der Waals surface area contributed by atoms with Crippen LogP contribution in [0.2, 0.25) is 0 Å². The average Bonchev–Trinajstić information content (AvgIpc) is 2.72. The Kier molecular flexibility index (Phi) is 6.69. The van der Waals surface area contributed by atoms with E-state index in [-0.39, 0.29) is 17.7 Å². The van der Waals surface area contributed by atoms with Gasteiger partial charge in [0.25, 0.3) is 11.8 Å². The first-order valence-corrected chi connectivity index (χ1v) is 8.93. The zero-order chi connectivity index (χ0) is 21.5. The van der Waals surface area contributed by atoms with E-state index in [1.165, 1.54) is 24.3 Å².